The zero-order chi connectivity index (χ0) is 13.6. The van der Waals surface area contributed by atoms with Crippen molar-refractivity contribution in [3.05, 3.63) is 21.6 Å². The lowest BCUT2D eigenvalue weighted by Gasteiger charge is -2.37. The van der Waals surface area contributed by atoms with Gasteiger partial charge in [-0.3, -0.25) is 4.79 Å². The molecule has 3 rings (SSSR count). The first kappa shape index (κ1) is 12.9. The number of piperidine rings is 1. The summed E-state index contributed by atoms with van der Waals surface area (Å²) in [7, 11) is 3.82. The van der Waals surface area contributed by atoms with Crippen LogP contribution in [-0.4, -0.2) is 39.9 Å². The van der Waals surface area contributed by atoms with Gasteiger partial charge < -0.3 is 10.2 Å². The first-order valence-corrected chi connectivity index (χ1v) is 7.14. The molecule has 1 unspecified atom stereocenters. The number of rotatable bonds is 2. The van der Waals surface area contributed by atoms with Crippen LogP contribution in [0.25, 0.3) is 0 Å². The predicted molar refractivity (Wildman–Crippen MR) is 75.7 cm³/mol. The van der Waals surface area contributed by atoms with Crippen molar-refractivity contribution in [2.75, 3.05) is 12.4 Å². The fourth-order valence-corrected chi connectivity index (χ4v) is 3.59. The van der Waals surface area contributed by atoms with Crippen molar-refractivity contribution in [3.8, 4) is 0 Å². The van der Waals surface area contributed by atoms with E-state index in [0.717, 1.165) is 12.8 Å². The van der Waals surface area contributed by atoms with Gasteiger partial charge in [-0.25, -0.2) is 4.68 Å². The smallest absolute Gasteiger partial charge is 0.287 e. The van der Waals surface area contributed by atoms with Crippen LogP contribution >= 0.6 is 11.6 Å². The standard InChI is InChI=1S/C13H19ClN4O/c1-17-9-3-4-10(17)6-8(5-9)16-11-7-15-18(2)13(19)12(11)14/h7-10,16H,3-6H2,1-2H3/t8?,9-,10+. The summed E-state index contributed by atoms with van der Waals surface area (Å²) in [4.78, 5) is 14.2. The summed E-state index contributed by atoms with van der Waals surface area (Å²) in [6.45, 7) is 0. The third kappa shape index (κ3) is 2.25. The van der Waals surface area contributed by atoms with Crippen LogP contribution in [0.1, 0.15) is 25.7 Å². The van der Waals surface area contributed by atoms with Crippen LogP contribution in [-0.2, 0) is 7.05 Å². The van der Waals surface area contributed by atoms with Crippen molar-refractivity contribution in [2.45, 2.75) is 43.8 Å². The minimum Gasteiger partial charge on any atom is -0.380 e. The second-order valence-corrected chi connectivity index (χ2v) is 6.04. The van der Waals surface area contributed by atoms with E-state index in [2.05, 4.69) is 22.4 Å². The number of anilines is 1. The average Bonchev–Trinajstić information content (AvgIpc) is 2.63. The van der Waals surface area contributed by atoms with Gasteiger partial charge in [0.1, 0.15) is 5.02 Å². The van der Waals surface area contributed by atoms with Crippen molar-refractivity contribution in [2.24, 2.45) is 7.05 Å². The molecule has 1 aromatic heterocycles. The summed E-state index contributed by atoms with van der Waals surface area (Å²) in [5.41, 5.74) is 0.418. The number of aromatic nitrogens is 2. The van der Waals surface area contributed by atoms with Gasteiger partial charge in [0, 0.05) is 25.2 Å². The summed E-state index contributed by atoms with van der Waals surface area (Å²) in [6, 6.07) is 1.71. The first-order valence-electron chi connectivity index (χ1n) is 6.76. The van der Waals surface area contributed by atoms with Crippen LogP contribution in [0.2, 0.25) is 5.02 Å². The molecule has 0 spiro atoms. The summed E-state index contributed by atoms with van der Waals surface area (Å²) in [5, 5.41) is 7.66. The molecule has 19 heavy (non-hydrogen) atoms. The Bertz CT molecular complexity index is 530. The van der Waals surface area contributed by atoms with Crippen molar-refractivity contribution >= 4 is 17.3 Å². The molecular formula is C13H19ClN4O. The molecule has 2 aliphatic heterocycles. The van der Waals surface area contributed by atoms with E-state index in [1.807, 2.05) is 0 Å². The van der Waals surface area contributed by atoms with Crippen LogP contribution in [0.5, 0.6) is 0 Å². The number of nitrogens with zero attached hydrogens (tertiary/aromatic N) is 3. The molecule has 0 amide bonds. The van der Waals surface area contributed by atoms with Crippen LogP contribution < -0.4 is 10.9 Å². The highest BCUT2D eigenvalue weighted by Gasteiger charge is 2.38. The number of fused-ring (bicyclic) bond motifs is 2. The number of halogens is 1. The molecule has 2 saturated heterocycles. The highest BCUT2D eigenvalue weighted by atomic mass is 35.5. The molecule has 0 radical (unpaired) electrons. The van der Waals surface area contributed by atoms with Gasteiger partial charge in [0.15, 0.2) is 0 Å². The Kier molecular flexibility index (Phi) is 3.27. The van der Waals surface area contributed by atoms with E-state index >= 15 is 0 Å². The van der Waals surface area contributed by atoms with Gasteiger partial charge in [-0.1, -0.05) is 11.6 Å². The number of aryl methyl sites for hydroxylation is 1. The average molecular weight is 283 g/mol. The molecule has 1 aromatic rings. The second-order valence-electron chi connectivity index (χ2n) is 5.66. The maximum atomic E-state index is 11.7. The molecule has 5 nitrogen and oxygen atoms in total. The number of nitrogens with one attached hydrogen (secondary N) is 1. The van der Waals surface area contributed by atoms with Crippen LogP contribution in [0.4, 0.5) is 5.69 Å². The van der Waals surface area contributed by atoms with Crippen LogP contribution in [0.15, 0.2) is 11.0 Å². The number of hydrogen-bond acceptors (Lipinski definition) is 4. The van der Waals surface area contributed by atoms with E-state index < -0.39 is 0 Å². The van der Waals surface area contributed by atoms with Crippen LogP contribution in [0.3, 0.4) is 0 Å². The van der Waals surface area contributed by atoms with Crippen molar-refractivity contribution in [3.63, 3.8) is 0 Å². The van der Waals surface area contributed by atoms with Crippen molar-refractivity contribution in [1.82, 2.24) is 14.7 Å². The van der Waals surface area contributed by atoms with E-state index in [1.165, 1.54) is 17.5 Å². The Labute approximate surface area is 117 Å². The highest BCUT2D eigenvalue weighted by molar-refractivity contribution is 6.32. The maximum absolute atomic E-state index is 11.7. The SMILES string of the molecule is CN1[C@@H]2CC[C@H]1CC(Nc1cnn(C)c(=O)c1Cl)C2. The molecule has 2 bridgehead atoms. The number of hydrogen-bond donors (Lipinski definition) is 1. The predicted octanol–water partition coefficient (Wildman–Crippen LogP) is 1.47. The molecule has 6 heteroatoms. The molecule has 104 valence electrons. The normalized spacial score (nSPS) is 30.6. The highest BCUT2D eigenvalue weighted by Crippen LogP contribution is 2.35. The van der Waals surface area contributed by atoms with Gasteiger partial charge in [-0.2, -0.15) is 5.10 Å². The largest absolute Gasteiger partial charge is 0.380 e. The molecule has 3 heterocycles. The Morgan fingerprint density at radius 1 is 1.32 bits per heavy atom. The zero-order valence-electron chi connectivity index (χ0n) is 11.3. The minimum atomic E-state index is -0.248. The Balaban J connectivity index is 1.76. The van der Waals surface area contributed by atoms with E-state index in [1.54, 1.807) is 13.2 Å². The van der Waals surface area contributed by atoms with Gasteiger partial charge in [-0.15, -0.1) is 0 Å². The van der Waals surface area contributed by atoms with E-state index in [-0.39, 0.29) is 10.6 Å². The lowest BCUT2D eigenvalue weighted by molar-refractivity contribution is 0.169. The summed E-state index contributed by atoms with van der Waals surface area (Å²) in [5.74, 6) is 0. The van der Waals surface area contributed by atoms with E-state index in [0.29, 0.717) is 23.8 Å². The Morgan fingerprint density at radius 3 is 2.58 bits per heavy atom. The third-order valence-corrected chi connectivity index (χ3v) is 4.90. The van der Waals surface area contributed by atoms with Gasteiger partial charge in [-0.05, 0) is 32.7 Å². The third-order valence-electron chi connectivity index (χ3n) is 4.54. The molecule has 2 aliphatic rings. The van der Waals surface area contributed by atoms with Crippen molar-refractivity contribution in [1.29, 1.82) is 0 Å². The van der Waals surface area contributed by atoms with Gasteiger partial charge >= 0.3 is 0 Å². The lowest BCUT2D eigenvalue weighted by Crippen LogP contribution is -2.44. The topological polar surface area (TPSA) is 50.2 Å². The van der Waals surface area contributed by atoms with Crippen molar-refractivity contribution < 1.29 is 0 Å². The van der Waals surface area contributed by atoms with Gasteiger partial charge in [0.05, 0.1) is 11.9 Å². The molecule has 0 saturated carbocycles. The summed E-state index contributed by atoms with van der Waals surface area (Å²) in [6.07, 6.45) is 6.42. The fraction of sp³-hybridized carbons (Fsp3) is 0.692. The fourth-order valence-electron chi connectivity index (χ4n) is 3.36. The quantitative estimate of drug-likeness (QED) is 0.892. The molecule has 0 aliphatic carbocycles. The molecule has 0 aromatic carbocycles. The van der Waals surface area contributed by atoms with Crippen LogP contribution in [0, 0.1) is 0 Å². The van der Waals surface area contributed by atoms with Gasteiger partial charge in [0.2, 0.25) is 0 Å². The Morgan fingerprint density at radius 2 is 1.95 bits per heavy atom. The summed E-state index contributed by atoms with van der Waals surface area (Å²) < 4.78 is 1.26. The molecule has 1 N–H and O–H groups in total. The minimum absolute atomic E-state index is 0.240. The van der Waals surface area contributed by atoms with E-state index in [4.69, 9.17) is 11.6 Å². The first-order chi connectivity index (χ1) is 9.06. The molecule has 3 atom stereocenters. The molecular weight excluding hydrogens is 264 g/mol. The second kappa shape index (κ2) is 4.80. The maximum Gasteiger partial charge on any atom is 0.287 e. The Hall–Kier alpha value is -1.07. The lowest BCUT2D eigenvalue weighted by atomic mass is 9.98. The molecule has 2 fully saturated rings. The summed E-state index contributed by atoms with van der Waals surface area (Å²) >= 11 is 6.09. The van der Waals surface area contributed by atoms with Gasteiger partial charge in [0.25, 0.3) is 5.56 Å². The van der Waals surface area contributed by atoms with E-state index in [9.17, 15) is 4.79 Å². The monoisotopic (exact) mass is 282 g/mol. The zero-order valence-corrected chi connectivity index (χ0v) is 12.0.